The molecule has 1 aromatic rings. The number of thioether (sulfide) groups is 1. The highest BCUT2D eigenvalue weighted by Crippen LogP contribution is 2.33. The van der Waals surface area contributed by atoms with Gasteiger partial charge in [-0.2, -0.15) is 0 Å². The van der Waals surface area contributed by atoms with E-state index in [2.05, 4.69) is 55.8 Å². The van der Waals surface area contributed by atoms with Gasteiger partial charge in [-0.15, -0.1) is 0 Å². The molecule has 0 saturated heterocycles. The maximum absolute atomic E-state index is 11.4. The summed E-state index contributed by atoms with van der Waals surface area (Å²) in [5.74, 6) is -0.692. The molecule has 39 heavy (non-hydrogen) atoms. The fourth-order valence-electron chi connectivity index (χ4n) is 3.00. The Balaban J connectivity index is 0. The summed E-state index contributed by atoms with van der Waals surface area (Å²) < 4.78 is 4.75. The zero-order chi connectivity index (χ0) is 30.4. The van der Waals surface area contributed by atoms with Crippen molar-refractivity contribution >= 4 is 24.0 Å². The molecule has 0 spiro atoms. The molecule has 0 fully saturated rings. The smallest absolute Gasteiger partial charge is 0.304 e. The lowest BCUT2D eigenvalue weighted by Gasteiger charge is -2.21. The van der Waals surface area contributed by atoms with Crippen LogP contribution in [0.1, 0.15) is 63.3 Å². The normalized spacial score (nSPS) is 10.9. The molecule has 0 atom stereocenters. The molecule has 5 N–H and O–H groups in total. The van der Waals surface area contributed by atoms with Gasteiger partial charge in [0.25, 0.3) is 5.89 Å². The van der Waals surface area contributed by atoms with Gasteiger partial charge in [0.15, 0.2) is 6.29 Å². The number of nitrogens with zero attached hydrogens (tertiary/aromatic N) is 3. The van der Waals surface area contributed by atoms with Gasteiger partial charge in [0, 0.05) is 45.1 Å². The van der Waals surface area contributed by atoms with Crippen molar-refractivity contribution in [1.29, 1.82) is 0 Å². The Labute approximate surface area is 240 Å². The lowest BCUT2D eigenvalue weighted by Crippen LogP contribution is -2.21. The van der Waals surface area contributed by atoms with Gasteiger partial charge in [-0.25, -0.2) is 4.98 Å². The molecule has 0 saturated carbocycles. The topological polar surface area (TPSA) is 131 Å². The van der Waals surface area contributed by atoms with Crippen LogP contribution in [0.4, 0.5) is 0 Å². The van der Waals surface area contributed by atoms with Crippen molar-refractivity contribution in [2.45, 2.75) is 53.5 Å². The zero-order valence-corrected chi connectivity index (χ0v) is 25.8. The van der Waals surface area contributed by atoms with Gasteiger partial charge in [-0.3, -0.25) is 9.59 Å². The largest absolute Gasteiger partial charge is 0.441 e. The molecule has 0 radical (unpaired) electrons. The van der Waals surface area contributed by atoms with Crippen molar-refractivity contribution < 1.29 is 14.0 Å². The third-order valence-electron chi connectivity index (χ3n) is 4.84. The van der Waals surface area contributed by atoms with Crippen LogP contribution in [0.25, 0.3) is 0 Å². The molecular formula is C29H50N6O3S. The van der Waals surface area contributed by atoms with Crippen LogP contribution in [0.5, 0.6) is 0 Å². The monoisotopic (exact) mass is 562 g/mol. The summed E-state index contributed by atoms with van der Waals surface area (Å²) in [6.45, 7) is 23.6. The Hall–Kier alpha value is -3.08. The summed E-state index contributed by atoms with van der Waals surface area (Å²) in [7, 11) is 5.77. The number of aldehydes is 1. The molecule has 0 aromatic carbocycles. The highest BCUT2D eigenvalue weighted by Gasteiger charge is 2.11. The van der Waals surface area contributed by atoms with Crippen molar-refractivity contribution in [2.75, 3.05) is 40.8 Å². The average molecular weight is 563 g/mol. The first kappa shape index (κ1) is 38.1. The molecule has 10 heteroatoms. The van der Waals surface area contributed by atoms with Crippen LogP contribution in [0.2, 0.25) is 0 Å². The standard InChI is InChI=1S/C21H34N2OS.C6H9N3O2.C2H7N/c1-9-12-22(7)14-11-17(3)15-18(4)25-20(6)19(5)21(16-24)23(8)13-10-2;1-8-2-4-3-11-6(9-4)5(7)10;1-2-3/h11,14,16H,3-4,6,9-10,12-13,15H2,1-2,5,7-8H3;3,8H,2H2,1H3,(H2,7,10);2-3H2,1H3/b14-11-,21-19-;;. The minimum Gasteiger partial charge on any atom is -0.441 e. The minimum atomic E-state index is -0.646. The first-order valence-electron chi connectivity index (χ1n) is 13.0. The number of carbonyl (C=O) groups excluding carboxylic acids is 2. The number of rotatable bonds is 16. The molecular weight excluding hydrogens is 512 g/mol. The van der Waals surface area contributed by atoms with E-state index in [0.717, 1.165) is 59.7 Å². The van der Waals surface area contributed by atoms with E-state index >= 15 is 0 Å². The first-order valence-corrected chi connectivity index (χ1v) is 13.8. The van der Waals surface area contributed by atoms with E-state index in [1.165, 1.54) is 18.0 Å². The second-order valence-corrected chi connectivity index (χ2v) is 9.97. The van der Waals surface area contributed by atoms with Gasteiger partial charge >= 0.3 is 5.91 Å². The summed E-state index contributed by atoms with van der Waals surface area (Å²) in [6.07, 6.45) is 9.20. The van der Waals surface area contributed by atoms with E-state index in [-0.39, 0.29) is 5.89 Å². The van der Waals surface area contributed by atoms with E-state index in [0.29, 0.717) is 24.4 Å². The second kappa shape index (κ2) is 22.9. The highest BCUT2D eigenvalue weighted by molar-refractivity contribution is 8.06. The van der Waals surface area contributed by atoms with E-state index in [4.69, 9.17) is 15.9 Å². The van der Waals surface area contributed by atoms with Crippen LogP contribution in [0.15, 0.2) is 69.3 Å². The quantitative estimate of drug-likeness (QED) is 0.147. The maximum Gasteiger partial charge on any atom is 0.304 e. The summed E-state index contributed by atoms with van der Waals surface area (Å²) in [5, 5.41) is 2.86. The van der Waals surface area contributed by atoms with Crippen LogP contribution < -0.4 is 16.8 Å². The van der Waals surface area contributed by atoms with Crippen molar-refractivity contribution in [3.63, 3.8) is 0 Å². The number of carbonyl (C=O) groups is 2. The van der Waals surface area contributed by atoms with Crippen LogP contribution in [-0.2, 0) is 11.3 Å². The Kier molecular flexibility index (Phi) is 22.3. The second-order valence-electron chi connectivity index (χ2n) is 8.69. The minimum absolute atomic E-state index is 0.0461. The van der Waals surface area contributed by atoms with E-state index in [9.17, 15) is 9.59 Å². The average Bonchev–Trinajstić information content (AvgIpc) is 3.34. The summed E-state index contributed by atoms with van der Waals surface area (Å²) in [6, 6.07) is 0. The van der Waals surface area contributed by atoms with Gasteiger partial charge in [0.2, 0.25) is 0 Å². The fourth-order valence-corrected chi connectivity index (χ4v) is 3.87. The Morgan fingerprint density at radius 1 is 1.18 bits per heavy atom. The molecule has 1 aromatic heterocycles. The SMILES string of the molecule is C=C(/C=C\N(C)CCC)CC(=C)SC(=C)/C(C)=C(/C=O)N(C)CCC.CCN.CNCc1coc(C(N)=O)n1. The Morgan fingerprint density at radius 3 is 2.23 bits per heavy atom. The zero-order valence-electron chi connectivity index (χ0n) is 25.0. The number of oxazole rings is 1. The van der Waals surface area contributed by atoms with Crippen molar-refractivity contribution in [3.05, 3.63) is 76.5 Å². The number of amides is 1. The maximum atomic E-state index is 11.4. The van der Waals surface area contributed by atoms with Crippen LogP contribution >= 0.6 is 11.8 Å². The van der Waals surface area contributed by atoms with Crippen molar-refractivity contribution in [2.24, 2.45) is 11.5 Å². The number of aromatic nitrogens is 1. The number of hydrogen-bond donors (Lipinski definition) is 3. The third kappa shape index (κ3) is 17.9. The van der Waals surface area contributed by atoms with Gasteiger partial charge in [0.05, 0.1) is 11.4 Å². The lowest BCUT2D eigenvalue weighted by atomic mass is 10.2. The Morgan fingerprint density at radius 2 is 1.77 bits per heavy atom. The van der Waals surface area contributed by atoms with Gasteiger partial charge in [-0.1, -0.05) is 52.3 Å². The number of likely N-dealkylation sites (N-methyl/N-ethyl adjacent to an activating group) is 1. The van der Waals surface area contributed by atoms with Crippen molar-refractivity contribution in [3.8, 4) is 0 Å². The van der Waals surface area contributed by atoms with Gasteiger partial charge in [-0.05, 0) is 61.7 Å². The Bertz CT molecular complexity index is 968. The molecule has 1 amide bonds. The fraction of sp³-hybridized carbons (Fsp3) is 0.483. The molecule has 0 unspecified atom stereocenters. The molecule has 0 aliphatic heterocycles. The number of allylic oxidation sites excluding steroid dienone is 5. The van der Waals surface area contributed by atoms with Gasteiger partial charge < -0.3 is 31.0 Å². The van der Waals surface area contributed by atoms with Crippen molar-refractivity contribution in [1.82, 2.24) is 20.1 Å². The molecule has 0 aliphatic carbocycles. The van der Waals surface area contributed by atoms with E-state index in [1.54, 1.807) is 7.05 Å². The number of nitrogens with two attached hydrogens (primary N) is 2. The summed E-state index contributed by atoms with van der Waals surface area (Å²) >= 11 is 1.52. The predicted molar refractivity (Wildman–Crippen MR) is 166 cm³/mol. The molecule has 0 bridgehead atoms. The molecule has 1 rings (SSSR count). The lowest BCUT2D eigenvalue weighted by molar-refractivity contribution is -0.106. The summed E-state index contributed by atoms with van der Waals surface area (Å²) in [4.78, 5) is 31.6. The van der Waals surface area contributed by atoms with Crippen LogP contribution in [0, 0.1) is 0 Å². The van der Waals surface area contributed by atoms with Gasteiger partial charge in [0.1, 0.15) is 6.26 Å². The van der Waals surface area contributed by atoms with Crippen LogP contribution in [-0.4, -0.2) is 67.8 Å². The third-order valence-corrected chi connectivity index (χ3v) is 5.82. The molecule has 9 nitrogen and oxygen atoms in total. The van der Waals surface area contributed by atoms with Crippen LogP contribution in [0.3, 0.4) is 0 Å². The molecule has 1 heterocycles. The first-order chi connectivity index (χ1) is 18.4. The molecule has 220 valence electrons. The number of hydrogen-bond acceptors (Lipinski definition) is 9. The highest BCUT2D eigenvalue weighted by atomic mass is 32.2. The number of nitrogens with one attached hydrogen (secondary N) is 1. The molecule has 0 aliphatic rings. The number of primary amides is 1. The predicted octanol–water partition coefficient (Wildman–Crippen LogP) is 4.82. The van der Waals surface area contributed by atoms with E-state index < -0.39 is 5.91 Å². The van der Waals surface area contributed by atoms with E-state index in [1.807, 2.05) is 38.1 Å². The summed E-state index contributed by atoms with van der Waals surface area (Å²) in [5.41, 5.74) is 13.0.